The Hall–Kier alpha value is -1.38. The summed E-state index contributed by atoms with van der Waals surface area (Å²) in [6.45, 7) is 0. The Balaban J connectivity index is 2.14. The van der Waals surface area contributed by atoms with E-state index in [2.05, 4.69) is 15.9 Å². The first-order valence-electron chi connectivity index (χ1n) is 5.39. The third-order valence-corrected chi connectivity index (χ3v) is 3.17. The van der Waals surface area contributed by atoms with Crippen LogP contribution < -0.4 is 0 Å². The number of halogens is 2. The molecule has 2 rings (SSSR count). The van der Waals surface area contributed by atoms with Crippen LogP contribution in [0.4, 0.5) is 0 Å². The van der Waals surface area contributed by atoms with Gasteiger partial charge in [-0.15, -0.1) is 0 Å². The van der Waals surface area contributed by atoms with Gasteiger partial charge in [-0.25, -0.2) is 0 Å². The molecular formula is C15H10BrClO. The molecule has 0 heterocycles. The van der Waals surface area contributed by atoms with Crippen molar-refractivity contribution in [2.75, 3.05) is 0 Å². The van der Waals surface area contributed by atoms with Gasteiger partial charge in [0.1, 0.15) is 0 Å². The minimum Gasteiger partial charge on any atom is -0.289 e. The van der Waals surface area contributed by atoms with Crippen molar-refractivity contribution in [3.05, 3.63) is 75.2 Å². The van der Waals surface area contributed by atoms with E-state index >= 15 is 0 Å². The second-order valence-electron chi connectivity index (χ2n) is 3.76. The van der Waals surface area contributed by atoms with E-state index in [1.165, 1.54) is 0 Å². The zero-order valence-corrected chi connectivity index (χ0v) is 11.8. The predicted octanol–water partition coefficient (Wildman–Crippen LogP) is 5.00. The van der Waals surface area contributed by atoms with Crippen LogP contribution in [0.15, 0.2) is 59.1 Å². The van der Waals surface area contributed by atoms with Crippen LogP contribution in [0.5, 0.6) is 0 Å². The minimum atomic E-state index is -0.0255. The SMILES string of the molecule is O=C(/C=C/c1cccc(Cl)c1)c1ccc(Br)cc1. The molecule has 0 bridgehead atoms. The summed E-state index contributed by atoms with van der Waals surface area (Å²) in [5.41, 5.74) is 1.57. The molecular weight excluding hydrogens is 312 g/mol. The fraction of sp³-hybridized carbons (Fsp3) is 0. The molecule has 2 aromatic rings. The maximum absolute atomic E-state index is 11.9. The second kappa shape index (κ2) is 5.98. The maximum Gasteiger partial charge on any atom is 0.185 e. The highest BCUT2D eigenvalue weighted by atomic mass is 79.9. The summed E-state index contributed by atoms with van der Waals surface area (Å²) >= 11 is 9.20. The van der Waals surface area contributed by atoms with E-state index in [4.69, 9.17) is 11.6 Å². The number of ketones is 1. The van der Waals surface area contributed by atoms with Gasteiger partial charge in [0.05, 0.1) is 0 Å². The fourth-order valence-electron chi connectivity index (χ4n) is 1.49. The van der Waals surface area contributed by atoms with Crippen LogP contribution in [0.25, 0.3) is 6.08 Å². The predicted molar refractivity (Wildman–Crippen MR) is 79.0 cm³/mol. The highest BCUT2D eigenvalue weighted by Gasteiger charge is 2.00. The Morgan fingerprint density at radius 2 is 1.83 bits per heavy atom. The molecule has 0 unspecified atom stereocenters. The lowest BCUT2D eigenvalue weighted by Crippen LogP contribution is -1.93. The summed E-state index contributed by atoms with van der Waals surface area (Å²) < 4.78 is 0.956. The lowest BCUT2D eigenvalue weighted by molar-refractivity contribution is 0.104. The van der Waals surface area contributed by atoms with Gasteiger partial charge in [0.15, 0.2) is 5.78 Å². The number of benzene rings is 2. The van der Waals surface area contributed by atoms with Gasteiger partial charge in [-0.3, -0.25) is 4.79 Å². The molecule has 90 valence electrons. The van der Waals surface area contributed by atoms with Gasteiger partial charge in [-0.2, -0.15) is 0 Å². The van der Waals surface area contributed by atoms with Crippen molar-refractivity contribution in [1.82, 2.24) is 0 Å². The molecule has 1 nitrogen and oxygen atoms in total. The molecule has 0 saturated carbocycles. The van der Waals surface area contributed by atoms with Gasteiger partial charge < -0.3 is 0 Å². The van der Waals surface area contributed by atoms with Gasteiger partial charge >= 0.3 is 0 Å². The molecule has 0 amide bonds. The van der Waals surface area contributed by atoms with Crippen LogP contribution in [-0.4, -0.2) is 5.78 Å². The normalized spacial score (nSPS) is 10.8. The van der Waals surface area contributed by atoms with Crippen molar-refractivity contribution < 1.29 is 4.79 Å². The van der Waals surface area contributed by atoms with Crippen molar-refractivity contribution in [2.24, 2.45) is 0 Å². The first kappa shape index (κ1) is 13.1. The van der Waals surface area contributed by atoms with Crippen LogP contribution in [0.2, 0.25) is 5.02 Å². The molecule has 0 atom stereocenters. The smallest absolute Gasteiger partial charge is 0.185 e. The topological polar surface area (TPSA) is 17.1 Å². The fourth-order valence-corrected chi connectivity index (χ4v) is 1.96. The quantitative estimate of drug-likeness (QED) is 0.574. The molecule has 3 heteroatoms. The third kappa shape index (κ3) is 3.56. The summed E-state index contributed by atoms with van der Waals surface area (Å²) in [6, 6.07) is 14.6. The van der Waals surface area contributed by atoms with Crippen LogP contribution in [0, 0.1) is 0 Å². The minimum absolute atomic E-state index is 0.0255. The number of hydrogen-bond acceptors (Lipinski definition) is 1. The van der Waals surface area contributed by atoms with Gasteiger partial charge in [-0.1, -0.05) is 45.7 Å². The van der Waals surface area contributed by atoms with Crippen molar-refractivity contribution in [2.45, 2.75) is 0 Å². The Morgan fingerprint density at radius 1 is 1.11 bits per heavy atom. The number of carbonyl (C=O) groups excluding carboxylic acids is 1. The summed E-state index contributed by atoms with van der Waals surface area (Å²) in [6.07, 6.45) is 3.31. The summed E-state index contributed by atoms with van der Waals surface area (Å²) in [5, 5.41) is 0.660. The van der Waals surface area contributed by atoms with E-state index < -0.39 is 0 Å². The molecule has 2 aromatic carbocycles. The average molecular weight is 322 g/mol. The van der Waals surface area contributed by atoms with Gasteiger partial charge in [0, 0.05) is 15.1 Å². The molecule has 0 aliphatic carbocycles. The third-order valence-electron chi connectivity index (χ3n) is 2.40. The van der Waals surface area contributed by atoms with Crippen molar-refractivity contribution in [3.63, 3.8) is 0 Å². The van der Waals surface area contributed by atoms with E-state index in [0.717, 1.165) is 10.0 Å². The summed E-state index contributed by atoms with van der Waals surface area (Å²) in [5.74, 6) is -0.0255. The van der Waals surface area contributed by atoms with E-state index in [1.807, 2.05) is 30.3 Å². The molecule has 0 aliphatic rings. The number of hydrogen-bond donors (Lipinski definition) is 0. The van der Waals surface area contributed by atoms with Crippen LogP contribution in [0.3, 0.4) is 0 Å². The Morgan fingerprint density at radius 3 is 2.50 bits per heavy atom. The molecule has 0 fully saturated rings. The highest BCUT2D eigenvalue weighted by Crippen LogP contribution is 2.14. The lowest BCUT2D eigenvalue weighted by atomic mass is 10.1. The highest BCUT2D eigenvalue weighted by molar-refractivity contribution is 9.10. The van der Waals surface area contributed by atoms with Crippen LogP contribution in [-0.2, 0) is 0 Å². The lowest BCUT2D eigenvalue weighted by Gasteiger charge is -1.97. The first-order valence-corrected chi connectivity index (χ1v) is 6.56. The maximum atomic E-state index is 11.9. The standard InChI is InChI=1S/C15H10BrClO/c16-13-7-5-12(6-8-13)15(18)9-4-11-2-1-3-14(17)10-11/h1-10H/b9-4+. The van der Waals surface area contributed by atoms with Gasteiger partial charge in [0.25, 0.3) is 0 Å². The van der Waals surface area contributed by atoms with E-state index in [1.54, 1.807) is 30.4 Å². The number of allylic oxidation sites excluding steroid dienone is 1. The summed E-state index contributed by atoms with van der Waals surface area (Å²) in [4.78, 5) is 11.9. The molecule has 0 aliphatic heterocycles. The van der Waals surface area contributed by atoms with Gasteiger partial charge in [-0.05, 0) is 48.0 Å². The Kier molecular flexibility index (Phi) is 4.34. The zero-order valence-electron chi connectivity index (χ0n) is 9.44. The molecule has 0 saturated heterocycles. The zero-order chi connectivity index (χ0) is 13.0. The van der Waals surface area contributed by atoms with Crippen LogP contribution in [0.1, 0.15) is 15.9 Å². The van der Waals surface area contributed by atoms with E-state index in [0.29, 0.717) is 10.6 Å². The summed E-state index contributed by atoms with van der Waals surface area (Å²) in [7, 11) is 0. The first-order chi connectivity index (χ1) is 8.65. The molecule has 0 N–H and O–H groups in total. The Labute approximate surface area is 119 Å². The number of carbonyl (C=O) groups is 1. The van der Waals surface area contributed by atoms with E-state index in [9.17, 15) is 4.79 Å². The van der Waals surface area contributed by atoms with Gasteiger partial charge in [0.2, 0.25) is 0 Å². The van der Waals surface area contributed by atoms with Crippen LogP contribution >= 0.6 is 27.5 Å². The molecule has 0 spiro atoms. The van der Waals surface area contributed by atoms with Crippen molar-refractivity contribution in [1.29, 1.82) is 0 Å². The average Bonchev–Trinajstić information content (AvgIpc) is 2.37. The van der Waals surface area contributed by atoms with Crippen molar-refractivity contribution in [3.8, 4) is 0 Å². The van der Waals surface area contributed by atoms with Crippen molar-refractivity contribution >= 4 is 39.4 Å². The molecule has 0 radical (unpaired) electrons. The van der Waals surface area contributed by atoms with E-state index in [-0.39, 0.29) is 5.78 Å². The monoisotopic (exact) mass is 320 g/mol. The second-order valence-corrected chi connectivity index (χ2v) is 5.11. The molecule has 18 heavy (non-hydrogen) atoms. The largest absolute Gasteiger partial charge is 0.289 e. The Bertz CT molecular complexity index is 588. The molecule has 0 aromatic heterocycles. The number of rotatable bonds is 3.